The van der Waals surface area contributed by atoms with E-state index in [1.54, 1.807) is 19.6 Å². The molecule has 0 aliphatic carbocycles. The molecule has 1 N–H and O–H groups in total. The highest BCUT2D eigenvalue weighted by molar-refractivity contribution is 5.85. The number of rotatable bonds is 9. The van der Waals surface area contributed by atoms with Gasteiger partial charge in [-0.15, -0.1) is 12.4 Å². The van der Waals surface area contributed by atoms with Crippen molar-refractivity contribution in [3.63, 3.8) is 0 Å². The van der Waals surface area contributed by atoms with Gasteiger partial charge in [-0.3, -0.25) is 0 Å². The highest BCUT2D eigenvalue weighted by atomic mass is 35.5. The Bertz CT molecular complexity index is 805. The molecule has 0 atom stereocenters. The zero-order chi connectivity index (χ0) is 18.2. The van der Waals surface area contributed by atoms with Gasteiger partial charge in [0.2, 0.25) is 0 Å². The first-order valence-corrected chi connectivity index (χ1v) is 8.88. The molecule has 0 saturated carbocycles. The van der Waals surface area contributed by atoms with E-state index in [2.05, 4.69) is 47.6 Å². The third-order valence-corrected chi connectivity index (χ3v) is 4.09. The van der Waals surface area contributed by atoms with Crippen LogP contribution < -0.4 is 14.8 Å². The average molecular weight is 388 g/mol. The maximum absolute atomic E-state index is 5.77. The van der Waals surface area contributed by atoms with E-state index in [4.69, 9.17) is 9.47 Å². The van der Waals surface area contributed by atoms with Crippen molar-refractivity contribution < 1.29 is 9.47 Å². The van der Waals surface area contributed by atoms with E-state index in [1.165, 1.54) is 11.1 Å². The van der Waals surface area contributed by atoms with Gasteiger partial charge in [0.1, 0.15) is 0 Å². The average Bonchev–Trinajstić information content (AvgIpc) is 3.22. The van der Waals surface area contributed by atoms with Crippen molar-refractivity contribution in [1.82, 2.24) is 14.9 Å². The summed E-state index contributed by atoms with van der Waals surface area (Å²) in [7, 11) is 1.67. The van der Waals surface area contributed by atoms with Crippen molar-refractivity contribution in [2.24, 2.45) is 0 Å². The fourth-order valence-corrected chi connectivity index (χ4v) is 2.70. The molecule has 1 heterocycles. The lowest BCUT2D eigenvalue weighted by molar-refractivity contribution is 0.294. The number of nitrogens with one attached hydrogen (secondary N) is 1. The summed E-state index contributed by atoms with van der Waals surface area (Å²) in [4.78, 5) is 4.07. The molecule has 0 amide bonds. The van der Waals surface area contributed by atoms with Crippen LogP contribution in [0.5, 0.6) is 11.5 Å². The lowest BCUT2D eigenvalue weighted by Crippen LogP contribution is -2.13. The molecule has 0 radical (unpaired) electrons. The predicted octanol–water partition coefficient (Wildman–Crippen LogP) is 4.38. The van der Waals surface area contributed by atoms with E-state index >= 15 is 0 Å². The summed E-state index contributed by atoms with van der Waals surface area (Å²) in [5, 5.41) is 3.48. The summed E-state index contributed by atoms with van der Waals surface area (Å²) in [5.41, 5.74) is 3.52. The fraction of sp³-hybridized carbons (Fsp3) is 0.286. The molecule has 5 nitrogen and oxygen atoms in total. The van der Waals surface area contributed by atoms with E-state index in [-0.39, 0.29) is 12.4 Å². The Morgan fingerprint density at radius 1 is 1.00 bits per heavy atom. The maximum atomic E-state index is 5.77. The van der Waals surface area contributed by atoms with Gasteiger partial charge in [0.15, 0.2) is 11.5 Å². The number of benzene rings is 2. The van der Waals surface area contributed by atoms with E-state index < -0.39 is 0 Å². The smallest absolute Gasteiger partial charge is 0.161 e. The summed E-state index contributed by atoms with van der Waals surface area (Å²) < 4.78 is 13.1. The number of ether oxygens (including phenoxy) is 2. The molecule has 3 rings (SSSR count). The van der Waals surface area contributed by atoms with Gasteiger partial charge in [-0.1, -0.05) is 25.1 Å². The van der Waals surface area contributed by atoms with Crippen molar-refractivity contribution >= 4 is 12.4 Å². The topological polar surface area (TPSA) is 48.3 Å². The normalized spacial score (nSPS) is 10.3. The summed E-state index contributed by atoms with van der Waals surface area (Å²) in [5.74, 6) is 1.58. The Morgan fingerprint density at radius 2 is 1.74 bits per heavy atom. The fourth-order valence-electron chi connectivity index (χ4n) is 2.70. The quantitative estimate of drug-likeness (QED) is 0.591. The van der Waals surface area contributed by atoms with Crippen LogP contribution in [0.1, 0.15) is 24.5 Å². The van der Waals surface area contributed by atoms with Crippen molar-refractivity contribution in [3.05, 3.63) is 72.3 Å². The molecule has 0 fully saturated rings. The monoisotopic (exact) mass is 387 g/mol. The number of methoxy groups -OCH3 is 1. The minimum absolute atomic E-state index is 0. The first-order chi connectivity index (χ1) is 12.8. The standard InChI is InChI=1S/C21H25N3O2.ClH/c1-3-12-26-21-13-18(6-9-20(21)25-2)15-23-14-17-4-7-19(8-5-17)24-11-10-22-16-24;/h4-11,13,16,23H,3,12,14-15H2,1-2H3;1H. The second-order valence-electron chi connectivity index (χ2n) is 6.07. The Balaban J connectivity index is 0.00000261. The molecule has 0 saturated heterocycles. The second-order valence-corrected chi connectivity index (χ2v) is 6.07. The molecule has 0 aliphatic heterocycles. The van der Waals surface area contributed by atoms with Crippen LogP contribution in [-0.4, -0.2) is 23.3 Å². The van der Waals surface area contributed by atoms with Crippen molar-refractivity contribution in [2.45, 2.75) is 26.4 Å². The molecular weight excluding hydrogens is 362 g/mol. The summed E-state index contributed by atoms with van der Waals surface area (Å²) >= 11 is 0. The minimum atomic E-state index is 0. The SMILES string of the molecule is CCCOc1cc(CNCc2ccc(-n3ccnc3)cc2)ccc1OC.Cl. The molecule has 3 aromatic rings. The number of halogens is 1. The first-order valence-electron chi connectivity index (χ1n) is 8.88. The zero-order valence-corrected chi connectivity index (χ0v) is 16.5. The zero-order valence-electron chi connectivity index (χ0n) is 15.7. The Hall–Kier alpha value is -2.50. The van der Waals surface area contributed by atoms with Crippen LogP contribution in [0, 0.1) is 0 Å². The molecule has 0 bridgehead atoms. The van der Waals surface area contributed by atoms with Gasteiger partial charge in [-0.25, -0.2) is 4.98 Å². The highest BCUT2D eigenvalue weighted by Gasteiger charge is 2.06. The Kier molecular flexibility index (Phi) is 8.17. The van der Waals surface area contributed by atoms with Crippen LogP contribution in [-0.2, 0) is 13.1 Å². The molecule has 144 valence electrons. The summed E-state index contributed by atoms with van der Waals surface area (Å²) in [6.45, 7) is 4.36. The van der Waals surface area contributed by atoms with E-state index in [0.717, 1.165) is 36.7 Å². The molecule has 2 aromatic carbocycles. The molecule has 0 aliphatic rings. The van der Waals surface area contributed by atoms with E-state index in [1.807, 2.05) is 22.9 Å². The van der Waals surface area contributed by atoms with Gasteiger partial charge in [0, 0.05) is 31.2 Å². The van der Waals surface area contributed by atoms with Gasteiger partial charge in [0.05, 0.1) is 20.0 Å². The largest absolute Gasteiger partial charge is 0.493 e. The van der Waals surface area contributed by atoms with Crippen molar-refractivity contribution in [2.75, 3.05) is 13.7 Å². The molecular formula is C21H26ClN3O2. The maximum Gasteiger partial charge on any atom is 0.161 e. The number of nitrogens with zero attached hydrogens (tertiary/aromatic N) is 2. The van der Waals surface area contributed by atoms with Crippen molar-refractivity contribution in [1.29, 1.82) is 0 Å². The van der Waals surface area contributed by atoms with Crippen LogP contribution in [0.4, 0.5) is 0 Å². The van der Waals surface area contributed by atoms with Gasteiger partial charge >= 0.3 is 0 Å². The van der Waals surface area contributed by atoms with Crippen LogP contribution in [0.15, 0.2) is 61.2 Å². The van der Waals surface area contributed by atoms with E-state index in [0.29, 0.717) is 6.61 Å². The number of hydrogen-bond acceptors (Lipinski definition) is 4. The predicted molar refractivity (Wildman–Crippen MR) is 110 cm³/mol. The lowest BCUT2D eigenvalue weighted by Gasteiger charge is -2.12. The second kappa shape index (κ2) is 10.6. The minimum Gasteiger partial charge on any atom is -0.493 e. The van der Waals surface area contributed by atoms with Gasteiger partial charge < -0.3 is 19.4 Å². The summed E-state index contributed by atoms with van der Waals surface area (Å²) in [6, 6.07) is 14.5. The lowest BCUT2D eigenvalue weighted by atomic mass is 10.1. The van der Waals surface area contributed by atoms with Crippen LogP contribution in [0.25, 0.3) is 5.69 Å². The Morgan fingerprint density at radius 3 is 2.41 bits per heavy atom. The van der Waals surface area contributed by atoms with E-state index in [9.17, 15) is 0 Å². The molecule has 27 heavy (non-hydrogen) atoms. The Labute approximate surface area is 166 Å². The van der Waals surface area contributed by atoms with Crippen LogP contribution >= 0.6 is 12.4 Å². The van der Waals surface area contributed by atoms with Gasteiger partial charge in [0.25, 0.3) is 0 Å². The third kappa shape index (κ3) is 5.74. The van der Waals surface area contributed by atoms with Crippen molar-refractivity contribution in [3.8, 4) is 17.2 Å². The highest BCUT2D eigenvalue weighted by Crippen LogP contribution is 2.28. The van der Waals surface area contributed by atoms with Gasteiger partial charge in [-0.05, 0) is 41.8 Å². The van der Waals surface area contributed by atoms with Crippen LogP contribution in [0.2, 0.25) is 0 Å². The first kappa shape index (κ1) is 20.8. The molecule has 0 spiro atoms. The third-order valence-electron chi connectivity index (χ3n) is 4.09. The molecule has 0 unspecified atom stereocenters. The molecule has 1 aromatic heterocycles. The van der Waals surface area contributed by atoms with Crippen LogP contribution in [0.3, 0.4) is 0 Å². The number of imidazole rings is 1. The summed E-state index contributed by atoms with van der Waals surface area (Å²) in [6.07, 6.45) is 6.49. The number of aromatic nitrogens is 2. The number of hydrogen-bond donors (Lipinski definition) is 1. The van der Waals surface area contributed by atoms with Gasteiger partial charge in [-0.2, -0.15) is 0 Å². The molecule has 6 heteroatoms.